The Morgan fingerprint density at radius 1 is 1.13 bits per heavy atom. The van der Waals surface area contributed by atoms with Crippen LogP contribution in [0.4, 0.5) is 8.78 Å². The molecule has 0 unspecified atom stereocenters. The van der Waals surface area contributed by atoms with Crippen LogP contribution in [0, 0.1) is 11.6 Å². The van der Waals surface area contributed by atoms with Gasteiger partial charge in [-0.2, -0.15) is 0 Å². The molecular weight excluding hydrogens is 302 g/mol. The van der Waals surface area contributed by atoms with Crippen molar-refractivity contribution < 1.29 is 22.7 Å². The van der Waals surface area contributed by atoms with Crippen molar-refractivity contribution in [3.8, 4) is 5.75 Å². The quantitative estimate of drug-likeness (QED) is 0.521. The summed E-state index contributed by atoms with van der Waals surface area (Å²) in [5.74, 6) is -1.45. The summed E-state index contributed by atoms with van der Waals surface area (Å²) in [6.45, 7) is 0. The fraction of sp³-hybridized carbons (Fsp3) is 0.0556. The van der Waals surface area contributed by atoms with Crippen LogP contribution in [-0.4, -0.2) is 12.9 Å². The van der Waals surface area contributed by atoms with E-state index in [4.69, 9.17) is 9.15 Å². The summed E-state index contributed by atoms with van der Waals surface area (Å²) in [7, 11) is 1.54. The second-order valence-corrected chi connectivity index (χ2v) is 4.85. The van der Waals surface area contributed by atoms with Gasteiger partial charge in [-0.15, -0.1) is 0 Å². The maximum absolute atomic E-state index is 13.1. The predicted octanol–water partition coefficient (Wildman–Crippen LogP) is 4.62. The zero-order valence-corrected chi connectivity index (χ0v) is 12.2. The highest BCUT2D eigenvalue weighted by Crippen LogP contribution is 2.28. The fourth-order valence-corrected chi connectivity index (χ4v) is 2.20. The number of para-hydroxylation sites is 1. The number of fused-ring (bicyclic) bond motifs is 1. The van der Waals surface area contributed by atoms with Gasteiger partial charge in [0.1, 0.15) is 5.76 Å². The fourth-order valence-electron chi connectivity index (χ4n) is 2.20. The van der Waals surface area contributed by atoms with E-state index < -0.39 is 17.4 Å². The first-order valence-corrected chi connectivity index (χ1v) is 6.82. The Labute approximate surface area is 130 Å². The molecule has 5 heteroatoms. The van der Waals surface area contributed by atoms with Gasteiger partial charge in [0.15, 0.2) is 28.8 Å². The van der Waals surface area contributed by atoms with Crippen LogP contribution < -0.4 is 4.74 Å². The van der Waals surface area contributed by atoms with E-state index in [-0.39, 0.29) is 5.56 Å². The summed E-state index contributed by atoms with van der Waals surface area (Å²) < 4.78 is 36.8. The molecule has 23 heavy (non-hydrogen) atoms. The third-order valence-corrected chi connectivity index (χ3v) is 3.35. The summed E-state index contributed by atoms with van der Waals surface area (Å²) in [4.78, 5) is 12.0. The van der Waals surface area contributed by atoms with E-state index >= 15 is 0 Å². The maximum Gasteiger partial charge on any atom is 0.186 e. The van der Waals surface area contributed by atoms with E-state index in [1.165, 1.54) is 18.2 Å². The second kappa shape index (κ2) is 6.04. The van der Waals surface area contributed by atoms with Crippen molar-refractivity contribution in [1.82, 2.24) is 0 Å². The predicted molar refractivity (Wildman–Crippen MR) is 82.5 cm³/mol. The average Bonchev–Trinajstić information content (AvgIpc) is 2.98. The Balaban J connectivity index is 1.87. The van der Waals surface area contributed by atoms with Crippen LogP contribution in [0.5, 0.6) is 5.75 Å². The van der Waals surface area contributed by atoms with Crippen molar-refractivity contribution in [2.45, 2.75) is 0 Å². The van der Waals surface area contributed by atoms with Gasteiger partial charge >= 0.3 is 0 Å². The van der Waals surface area contributed by atoms with Gasteiger partial charge in [0.05, 0.1) is 7.11 Å². The first-order chi connectivity index (χ1) is 11.1. The highest BCUT2D eigenvalue weighted by molar-refractivity contribution is 6.06. The number of carbonyl (C=O) groups is 1. The van der Waals surface area contributed by atoms with Crippen LogP contribution in [0.25, 0.3) is 17.0 Å². The lowest BCUT2D eigenvalue weighted by Crippen LogP contribution is -1.96. The lowest BCUT2D eigenvalue weighted by molar-refractivity contribution is 0.104. The van der Waals surface area contributed by atoms with Gasteiger partial charge in [-0.25, -0.2) is 8.78 Å². The highest BCUT2D eigenvalue weighted by Gasteiger charge is 2.09. The van der Waals surface area contributed by atoms with Gasteiger partial charge < -0.3 is 9.15 Å². The van der Waals surface area contributed by atoms with Crippen molar-refractivity contribution in [2.24, 2.45) is 0 Å². The minimum Gasteiger partial charge on any atom is -0.493 e. The molecular formula is C18H12F2O3. The number of halogens is 2. The van der Waals surface area contributed by atoms with Crippen molar-refractivity contribution in [3.05, 3.63) is 71.5 Å². The van der Waals surface area contributed by atoms with Gasteiger partial charge in [-0.05, 0) is 42.5 Å². The normalized spacial score (nSPS) is 11.3. The van der Waals surface area contributed by atoms with Crippen LogP contribution in [0.3, 0.4) is 0 Å². The zero-order chi connectivity index (χ0) is 16.4. The van der Waals surface area contributed by atoms with Crippen LogP contribution in [0.15, 0.2) is 53.0 Å². The van der Waals surface area contributed by atoms with Gasteiger partial charge in [-0.3, -0.25) is 4.79 Å². The van der Waals surface area contributed by atoms with Crippen molar-refractivity contribution in [1.29, 1.82) is 0 Å². The monoisotopic (exact) mass is 314 g/mol. The van der Waals surface area contributed by atoms with Gasteiger partial charge in [0.2, 0.25) is 0 Å². The Morgan fingerprint density at radius 3 is 2.70 bits per heavy atom. The molecule has 0 radical (unpaired) electrons. The molecule has 0 spiro atoms. The molecule has 116 valence electrons. The lowest BCUT2D eigenvalue weighted by atomic mass is 10.1. The van der Waals surface area contributed by atoms with Gasteiger partial charge in [0.25, 0.3) is 0 Å². The van der Waals surface area contributed by atoms with Crippen LogP contribution in [0.1, 0.15) is 16.1 Å². The molecule has 0 atom stereocenters. The molecule has 3 rings (SSSR count). The van der Waals surface area contributed by atoms with Crippen molar-refractivity contribution >= 4 is 22.8 Å². The van der Waals surface area contributed by atoms with Gasteiger partial charge in [0, 0.05) is 10.9 Å². The molecule has 3 nitrogen and oxygen atoms in total. The number of benzene rings is 2. The van der Waals surface area contributed by atoms with Crippen LogP contribution in [-0.2, 0) is 0 Å². The molecule has 3 aromatic rings. The number of hydrogen-bond donors (Lipinski definition) is 0. The average molecular weight is 314 g/mol. The molecule has 0 aliphatic rings. The van der Waals surface area contributed by atoms with E-state index in [0.717, 1.165) is 17.5 Å². The SMILES string of the molecule is COc1cccc2cc(/C=C/C(=O)c3ccc(F)c(F)c3)oc12. The molecule has 0 saturated heterocycles. The molecule has 0 fully saturated rings. The number of ether oxygens (including phenoxy) is 1. The number of carbonyl (C=O) groups excluding carboxylic acids is 1. The van der Waals surface area contributed by atoms with E-state index in [1.807, 2.05) is 12.1 Å². The molecule has 0 aliphatic carbocycles. The minimum atomic E-state index is -1.06. The van der Waals surface area contributed by atoms with Gasteiger partial charge in [-0.1, -0.05) is 12.1 Å². The Kier molecular flexibility index (Phi) is 3.93. The Hall–Kier alpha value is -2.95. The van der Waals surface area contributed by atoms with E-state index in [0.29, 0.717) is 17.1 Å². The summed E-state index contributed by atoms with van der Waals surface area (Å²) in [6.07, 6.45) is 2.72. The van der Waals surface area contributed by atoms with Crippen molar-refractivity contribution in [2.75, 3.05) is 7.11 Å². The first-order valence-electron chi connectivity index (χ1n) is 6.82. The van der Waals surface area contributed by atoms with Crippen LogP contribution >= 0.6 is 0 Å². The van der Waals surface area contributed by atoms with Crippen molar-refractivity contribution in [3.63, 3.8) is 0 Å². The number of hydrogen-bond acceptors (Lipinski definition) is 3. The minimum absolute atomic E-state index is 0.0637. The third kappa shape index (κ3) is 2.99. The molecule has 0 aliphatic heterocycles. The molecule has 1 heterocycles. The third-order valence-electron chi connectivity index (χ3n) is 3.35. The summed E-state index contributed by atoms with van der Waals surface area (Å²) in [5.41, 5.74) is 0.642. The summed E-state index contributed by atoms with van der Waals surface area (Å²) in [6, 6.07) is 10.2. The van der Waals surface area contributed by atoms with E-state index in [2.05, 4.69) is 0 Å². The number of furan rings is 1. The number of rotatable bonds is 4. The molecule has 0 saturated carbocycles. The largest absolute Gasteiger partial charge is 0.493 e. The first kappa shape index (κ1) is 15.0. The van der Waals surface area contributed by atoms with E-state index in [1.54, 1.807) is 19.2 Å². The topological polar surface area (TPSA) is 39.4 Å². The Bertz CT molecular complexity index is 910. The number of methoxy groups -OCH3 is 1. The summed E-state index contributed by atoms with van der Waals surface area (Å²) in [5, 5.41) is 0.837. The molecule has 0 amide bonds. The zero-order valence-electron chi connectivity index (χ0n) is 12.2. The maximum atomic E-state index is 13.1. The molecule has 1 aromatic heterocycles. The van der Waals surface area contributed by atoms with Crippen LogP contribution in [0.2, 0.25) is 0 Å². The highest BCUT2D eigenvalue weighted by atomic mass is 19.2. The molecule has 2 aromatic carbocycles. The van der Waals surface area contributed by atoms with E-state index in [9.17, 15) is 13.6 Å². The Morgan fingerprint density at radius 2 is 1.96 bits per heavy atom. The number of ketones is 1. The summed E-state index contributed by atoms with van der Waals surface area (Å²) >= 11 is 0. The smallest absolute Gasteiger partial charge is 0.186 e. The molecule has 0 N–H and O–H groups in total. The number of allylic oxidation sites excluding steroid dienone is 1. The molecule has 0 bridgehead atoms. The lowest BCUT2D eigenvalue weighted by Gasteiger charge is -1.98. The standard InChI is InChI=1S/C18H12F2O3/c1-22-17-4-2-3-12-9-13(23-18(12)17)6-8-16(21)11-5-7-14(19)15(20)10-11/h2-10H,1H3/b8-6+. The second-order valence-electron chi connectivity index (χ2n) is 4.85.